The minimum absolute atomic E-state index is 0.0333. The summed E-state index contributed by atoms with van der Waals surface area (Å²) < 4.78 is 31.4. The molecule has 3 aromatic carbocycles. The number of hydrogen-bond donors (Lipinski definition) is 0. The molecule has 0 fully saturated rings. The Hall–Kier alpha value is -3.27. The predicted octanol–water partition coefficient (Wildman–Crippen LogP) is 7.20. The zero-order valence-electron chi connectivity index (χ0n) is 19.2. The van der Waals surface area contributed by atoms with Crippen molar-refractivity contribution in [3.05, 3.63) is 105 Å². The SMILES string of the molecule is Cc1ccc(C)c(Cn2c(C(F)F)c(C3CC(=O)Cc4cccc(C)c43)c3ccccc32)c1. The third kappa shape index (κ3) is 3.68. The summed E-state index contributed by atoms with van der Waals surface area (Å²) in [5, 5.41) is 0.812. The molecule has 1 aliphatic carbocycles. The highest BCUT2D eigenvalue weighted by Gasteiger charge is 2.35. The van der Waals surface area contributed by atoms with Crippen LogP contribution in [-0.2, 0) is 17.8 Å². The Balaban J connectivity index is 1.79. The molecule has 5 rings (SSSR count). The minimum Gasteiger partial charge on any atom is -0.335 e. The Morgan fingerprint density at radius 3 is 2.52 bits per heavy atom. The molecule has 0 saturated heterocycles. The molecule has 4 heteroatoms. The van der Waals surface area contributed by atoms with Gasteiger partial charge in [-0.1, -0.05) is 60.2 Å². The Kier molecular flexibility index (Phi) is 5.40. The molecule has 2 nitrogen and oxygen atoms in total. The van der Waals surface area contributed by atoms with Crippen molar-refractivity contribution in [3.8, 4) is 0 Å². The lowest BCUT2D eigenvalue weighted by Gasteiger charge is -2.28. The lowest BCUT2D eigenvalue weighted by atomic mass is 9.75. The van der Waals surface area contributed by atoms with Crippen LogP contribution < -0.4 is 0 Å². The van der Waals surface area contributed by atoms with Crippen LogP contribution >= 0.6 is 0 Å². The van der Waals surface area contributed by atoms with E-state index in [-0.39, 0.29) is 23.8 Å². The van der Waals surface area contributed by atoms with Crippen LogP contribution in [0.3, 0.4) is 0 Å². The molecule has 0 aliphatic heterocycles. The van der Waals surface area contributed by atoms with E-state index in [4.69, 9.17) is 0 Å². The van der Waals surface area contributed by atoms with Crippen LogP contribution in [0, 0.1) is 20.8 Å². The number of carbonyl (C=O) groups is 1. The van der Waals surface area contributed by atoms with Crippen molar-refractivity contribution in [1.82, 2.24) is 4.57 Å². The normalized spacial score (nSPS) is 15.9. The van der Waals surface area contributed by atoms with Gasteiger partial charge >= 0.3 is 0 Å². The molecule has 0 amide bonds. The van der Waals surface area contributed by atoms with Gasteiger partial charge in [-0.15, -0.1) is 0 Å². The Labute approximate surface area is 192 Å². The Morgan fingerprint density at radius 1 is 0.939 bits per heavy atom. The van der Waals surface area contributed by atoms with Crippen molar-refractivity contribution in [1.29, 1.82) is 0 Å². The number of aromatic nitrogens is 1. The average molecular weight is 444 g/mol. The van der Waals surface area contributed by atoms with Crippen molar-refractivity contribution >= 4 is 16.7 Å². The number of ketones is 1. The van der Waals surface area contributed by atoms with Crippen molar-refractivity contribution < 1.29 is 13.6 Å². The standard InChI is InChI=1S/C29H27F2NO/c1-17-11-12-18(2)21(13-17)16-32-25-10-5-4-9-23(25)27(28(32)29(30)31)24-15-22(33)14-20-8-6-7-19(3)26(20)24/h4-13,24,29H,14-16H2,1-3H3. The number of aryl methyl sites for hydroxylation is 3. The zero-order chi connectivity index (χ0) is 23.3. The molecule has 0 radical (unpaired) electrons. The first-order valence-corrected chi connectivity index (χ1v) is 11.4. The van der Waals surface area contributed by atoms with Gasteiger partial charge in [0.05, 0.1) is 5.69 Å². The third-order valence-electron chi connectivity index (χ3n) is 7.02. The fourth-order valence-corrected chi connectivity index (χ4v) is 5.52. The minimum atomic E-state index is -2.65. The van der Waals surface area contributed by atoms with Gasteiger partial charge in [0, 0.05) is 36.2 Å². The van der Waals surface area contributed by atoms with E-state index in [0.29, 0.717) is 18.5 Å². The van der Waals surface area contributed by atoms with E-state index in [2.05, 4.69) is 6.07 Å². The van der Waals surface area contributed by atoms with Crippen LogP contribution in [0.4, 0.5) is 8.78 Å². The molecular weight excluding hydrogens is 416 g/mol. The van der Waals surface area contributed by atoms with Crippen molar-refractivity contribution in [3.63, 3.8) is 0 Å². The van der Waals surface area contributed by atoms with Crippen LogP contribution in [0.15, 0.2) is 60.7 Å². The summed E-state index contributed by atoms with van der Waals surface area (Å²) in [6.45, 7) is 6.42. The van der Waals surface area contributed by atoms with Crippen LogP contribution in [0.5, 0.6) is 0 Å². The van der Waals surface area contributed by atoms with E-state index in [1.54, 1.807) is 4.57 Å². The highest BCUT2D eigenvalue weighted by atomic mass is 19.3. The monoisotopic (exact) mass is 443 g/mol. The summed E-state index contributed by atoms with van der Waals surface area (Å²) in [4.78, 5) is 12.7. The van der Waals surface area contributed by atoms with Crippen molar-refractivity contribution in [2.75, 3.05) is 0 Å². The summed E-state index contributed by atoms with van der Waals surface area (Å²) in [5.74, 6) is -0.263. The van der Waals surface area contributed by atoms with Crippen LogP contribution in [0.1, 0.15) is 63.4 Å². The second kappa shape index (κ2) is 8.26. The van der Waals surface area contributed by atoms with Gasteiger partial charge < -0.3 is 4.57 Å². The van der Waals surface area contributed by atoms with E-state index in [1.165, 1.54) is 0 Å². The molecule has 0 bridgehead atoms. The Bertz CT molecular complexity index is 1380. The van der Waals surface area contributed by atoms with Gasteiger partial charge in [-0.3, -0.25) is 4.79 Å². The fourth-order valence-electron chi connectivity index (χ4n) is 5.52. The van der Waals surface area contributed by atoms with E-state index in [9.17, 15) is 13.6 Å². The molecule has 33 heavy (non-hydrogen) atoms. The smallest absolute Gasteiger partial charge is 0.278 e. The quantitative estimate of drug-likeness (QED) is 0.327. The van der Waals surface area contributed by atoms with E-state index in [0.717, 1.165) is 44.3 Å². The summed E-state index contributed by atoms with van der Waals surface area (Å²) in [6.07, 6.45) is -2.02. The lowest BCUT2D eigenvalue weighted by molar-refractivity contribution is -0.119. The van der Waals surface area contributed by atoms with Crippen LogP contribution in [0.2, 0.25) is 0 Å². The van der Waals surface area contributed by atoms with Gasteiger partial charge in [-0.25, -0.2) is 8.78 Å². The number of fused-ring (bicyclic) bond motifs is 2. The number of alkyl halides is 2. The van der Waals surface area contributed by atoms with Crippen molar-refractivity contribution in [2.24, 2.45) is 0 Å². The maximum Gasteiger partial charge on any atom is 0.278 e. The molecule has 1 atom stereocenters. The number of carbonyl (C=O) groups excluding carboxylic acids is 1. The number of hydrogen-bond acceptors (Lipinski definition) is 1. The van der Waals surface area contributed by atoms with Crippen LogP contribution in [-0.4, -0.2) is 10.4 Å². The number of benzene rings is 3. The van der Waals surface area contributed by atoms with Gasteiger partial charge in [-0.05, 0) is 60.2 Å². The number of rotatable bonds is 4. The number of halogens is 2. The number of nitrogens with zero attached hydrogens (tertiary/aromatic N) is 1. The average Bonchev–Trinajstić information content (AvgIpc) is 3.10. The van der Waals surface area contributed by atoms with Gasteiger partial charge in [0.2, 0.25) is 0 Å². The molecule has 0 saturated carbocycles. The summed E-state index contributed by atoms with van der Waals surface area (Å²) in [7, 11) is 0. The maximum atomic E-state index is 14.8. The van der Waals surface area contributed by atoms with E-state index >= 15 is 0 Å². The molecule has 168 valence electrons. The molecular formula is C29H27F2NO. The van der Waals surface area contributed by atoms with Crippen LogP contribution in [0.25, 0.3) is 10.9 Å². The Morgan fingerprint density at radius 2 is 1.73 bits per heavy atom. The van der Waals surface area contributed by atoms with E-state index in [1.807, 2.05) is 75.4 Å². The van der Waals surface area contributed by atoms with Gasteiger partial charge in [-0.2, -0.15) is 0 Å². The van der Waals surface area contributed by atoms with Crippen molar-refractivity contribution in [2.45, 2.75) is 52.5 Å². The summed E-state index contributed by atoms with van der Waals surface area (Å²) >= 11 is 0. The summed E-state index contributed by atoms with van der Waals surface area (Å²) in [6, 6.07) is 19.7. The largest absolute Gasteiger partial charge is 0.335 e. The first-order chi connectivity index (χ1) is 15.8. The maximum absolute atomic E-state index is 14.8. The molecule has 0 spiro atoms. The predicted molar refractivity (Wildman–Crippen MR) is 128 cm³/mol. The second-order valence-corrected chi connectivity index (χ2v) is 9.25. The molecule has 1 heterocycles. The molecule has 1 unspecified atom stereocenters. The zero-order valence-corrected chi connectivity index (χ0v) is 19.2. The topological polar surface area (TPSA) is 22.0 Å². The highest BCUT2D eigenvalue weighted by molar-refractivity contribution is 5.91. The van der Waals surface area contributed by atoms with E-state index < -0.39 is 6.43 Å². The number of Topliss-reactive ketones (excluding diaryl/α,β-unsaturated/α-hetero) is 1. The first kappa shape index (κ1) is 21.6. The molecule has 0 N–H and O–H groups in total. The van der Waals surface area contributed by atoms with Gasteiger partial charge in [0.25, 0.3) is 6.43 Å². The molecule has 1 aliphatic rings. The summed E-state index contributed by atoms with van der Waals surface area (Å²) in [5.41, 5.74) is 7.69. The van der Waals surface area contributed by atoms with Gasteiger partial charge in [0.1, 0.15) is 5.78 Å². The third-order valence-corrected chi connectivity index (χ3v) is 7.02. The second-order valence-electron chi connectivity index (χ2n) is 9.25. The molecule has 1 aromatic heterocycles. The lowest BCUT2D eigenvalue weighted by Crippen LogP contribution is -2.21. The highest BCUT2D eigenvalue weighted by Crippen LogP contribution is 2.45. The fraction of sp³-hybridized carbons (Fsp3) is 0.276. The van der Waals surface area contributed by atoms with Gasteiger partial charge in [0.15, 0.2) is 0 Å². The molecule has 4 aromatic rings. The first-order valence-electron chi connectivity index (χ1n) is 11.4. The number of para-hydroxylation sites is 1.